The Morgan fingerprint density at radius 3 is 2.48 bits per heavy atom. The maximum atomic E-state index is 12.7. The summed E-state index contributed by atoms with van der Waals surface area (Å²) in [4.78, 5) is 12.7. The second-order valence-electron chi connectivity index (χ2n) is 5.32. The number of amides is 1. The first-order chi connectivity index (χ1) is 12.0. The average molecular weight is 359 g/mol. The minimum Gasteiger partial charge on any atom is -0.361 e. The first-order valence-electron chi connectivity index (χ1n) is 7.42. The minimum absolute atomic E-state index is 0.279. The topological polar surface area (TPSA) is 93.2 Å². The van der Waals surface area contributed by atoms with Gasteiger partial charge in [0.2, 0.25) is 5.88 Å². The molecule has 0 saturated carbocycles. The Morgan fingerprint density at radius 1 is 1.12 bits per heavy atom. The van der Waals surface area contributed by atoms with E-state index in [1.54, 1.807) is 50.2 Å². The van der Waals surface area contributed by atoms with Crippen LogP contribution in [0, 0.1) is 13.8 Å². The number of halogens is 1. The molecule has 0 atom stereocenters. The molecule has 7 nitrogen and oxygen atoms in total. The molecule has 2 aromatic heterocycles. The molecule has 128 valence electrons. The fourth-order valence-electron chi connectivity index (χ4n) is 2.06. The summed E-state index contributed by atoms with van der Waals surface area (Å²) >= 11 is 5.86. The van der Waals surface area contributed by atoms with Gasteiger partial charge in [0.05, 0.1) is 11.3 Å². The molecular formula is C17H15ClN4O3. The number of benzene rings is 1. The van der Waals surface area contributed by atoms with Crippen LogP contribution in [0.5, 0.6) is 0 Å². The fourth-order valence-corrected chi connectivity index (χ4v) is 2.18. The second kappa shape index (κ2) is 7.23. The molecule has 0 saturated heterocycles. The summed E-state index contributed by atoms with van der Waals surface area (Å²) in [7, 11) is 0. The van der Waals surface area contributed by atoms with Crippen molar-refractivity contribution in [3.8, 4) is 0 Å². The predicted octanol–water partition coefficient (Wildman–Crippen LogP) is 4.02. The highest BCUT2D eigenvalue weighted by Crippen LogP contribution is 2.20. The van der Waals surface area contributed by atoms with E-state index in [-0.39, 0.29) is 11.5 Å². The van der Waals surface area contributed by atoms with Gasteiger partial charge >= 0.3 is 0 Å². The number of hydrogen-bond acceptors (Lipinski definition) is 6. The molecule has 0 unspecified atom stereocenters. The van der Waals surface area contributed by atoms with Crippen molar-refractivity contribution in [2.24, 2.45) is 0 Å². The van der Waals surface area contributed by atoms with Gasteiger partial charge in [-0.05, 0) is 38.1 Å². The predicted molar refractivity (Wildman–Crippen MR) is 94.2 cm³/mol. The van der Waals surface area contributed by atoms with Gasteiger partial charge in [0.15, 0.2) is 0 Å². The summed E-state index contributed by atoms with van der Waals surface area (Å²) in [6.07, 6.45) is 1.49. The lowest BCUT2D eigenvalue weighted by Gasteiger charge is -2.07. The molecular weight excluding hydrogens is 344 g/mol. The minimum atomic E-state index is -0.362. The molecule has 2 heterocycles. The first kappa shape index (κ1) is 16.8. The summed E-state index contributed by atoms with van der Waals surface area (Å²) in [5, 5.41) is 13.9. The molecule has 3 rings (SSSR count). The molecule has 0 fully saturated rings. The van der Waals surface area contributed by atoms with Crippen LogP contribution in [0.25, 0.3) is 5.57 Å². The van der Waals surface area contributed by atoms with Crippen LogP contribution in [0.2, 0.25) is 5.02 Å². The molecule has 25 heavy (non-hydrogen) atoms. The first-order valence-corrected chi connectivity index (χ1v) is 7.80. The van der Waals surface area contributed by atoms with E-state index >= 15 is 0 Å². The highest BCUT2D eigenvalue weighted by Gasteiger charge is 2.17. The van der Waals surface area contributed by atoms with E-state index in [4.69, 9.17) is 20.6 Å². The second-order valence-corrected chi connectivity index (χ2v) is 5.76. The molecule has 1 amide bonds. The molecule has 0 radical (unpaired) electrons. The van der Waals surface area contributed by atoms with Gasteiger partial charge < -0.3 is 19.7 Å². The van der Waals surface area contributed by atoms with Crippen LogP contribution < -0.4 is 10.6 Å². The van der Waals surface area contributed by atoms with Crippen molar-refractivity contribution in [2.75, 3.05) is 10.6 Å². The van der Waals surface area contributed by atoms with Crippen molar-refractivity contribution in [1.29, 1.82) is 0 Å². The smallest absolute Gasteiger partial charge is 0.259 e. The lowest BCUT2D eigenvalue weighted by atomic mass is 10.1. The normalized spacial score (nSPS) is 11.4. The maximum absolute atomic E-state index is 12.7. The third-order valence-corrected chi connectivity index (χ3v) is 3.49. The Hall–Kier alpha value is -3.06. The number of hydrogen-bond donors (Lipinski definition) is 2. The van der Waals surface area contributed by atoms with Crippen molar-refractivity contribution in [3.05, 3.63) is 64.8 Å². The number of nitrogens with zero attached hydrogens (tertiary/aromatic N) is 2. The van der Waals surface area contributed by atoms with Crippen molar-refractivity contribution < 1.29 is 13.8 Å². The largest absolute Gasteiger partial charge is 0.361 e. The van der Waals surface area contributed by atoms with Crippen LogP contribution in [0.1, 0.15) is 17.1 Å². The Bertz CT molecular complexity index is 912. The molecule has 8 heteroatoms. The number of aromatic nitrogens is 2. The molecule has 0 bridgehead atoms. The van der Waals surface area contributed by atoms with Crippen molar-refractivity contribution in [3.63, 3.8) is 0 Å². The van der Waals surface area contributed by atoms with Crippen LogP contribution in [0.15, 0.2) is 51.6 Å². The molecule has 2 N–H and O–H groups in total. The Morgan fingerprint density at radius 2 is 1.88 bits per heavy atom. The number of nitrogens with one attached hydrogen (secondary N) is 2. The number of aryl methyl sites for hydroxylation is 2. The molecule has 0 aliphatic rings. The van der Waals surface area contributed by atoms with Gasteiger partial charge in [0, 0.05) is 29.0 Å². The van der Waals surface area contributed by atoms with Crippen LogP contribution in [-0.4, -0.2) is 16.2 Å². The SMILES string of the molecule is Cc1cc(N/C=C(\C(=O)Nc2ccc(Cl)cc2)c2cc(C)on2)on1. The summed E-state index contributed by atoms with van der Waals surface area (Å²) in [5.41, 5.74) is 2.00. The summed E-state index contributed by atoms with van der Waals surface area (Å²) in [6, 6.07) is 10.2. The zero-order valence-corrected chi connectivity index (χ0v) is 14.3. The van der Waals surface area contributed by atoms with Crippen LogP contribution in [0.4, 0.5) is 11.6 Å². The quantitative estimate of drug-likeness (QED) is 0.669. The van der Waals surface area contributed by atoms with E-state index < -0.39 is 0 Å². The molecule has 0 spiro atoms. The Kier molecular flexibility index (Phi) is 4.85. The molecule has 1 aromatic carbocycles. The van der Waals surface area contributed by atoms with Gasteiger partial charge in [0.1, 0.15) is 11.5 Å². The van der Waals surface area contributed by atoms with E-state index in [0.29, 0.717) is 28.0 Å². The van der Waals surface area contributed by atoms with Crippen molar-refractivity contribution in [2.45, 2.75) is 13.8 Å². The van der Waals surface area contributed by atoms with Gasteiger partial charge in [-0.1, -0.05) is 21.9 Å². The summed E-state index contributed by atoms with van der Waals surface area (Å²) in [5.74, 6) is 0.643. The van der Waals surface area contributed by atoms with E-state index in [1.165, 1.54) is 6.20 Å². The van der Waals surface area contributed by atoms with Gasteiger partial charge in [-0.2, -0.15) is 0 Å². The number of carbonyl (C=O) groups is 1. The summed E-state index contributed by atoms with van der Waals surface area (Å²) < 4.78 is 10.1. The number of carbonyl (C=O) groups excluding carboxylic acids is 1. The van der Waals surface area contributed by atoms with E-state index in [9.17, 15) is 4.79 Å². The molecule has 0 aliphatic heterocycles. The van der Waals surface area contributed by atoms with E-state index in [2.05, 4.69) is 20.9 Å². The highest BCUT2D eigenvalue weighted by atomic mass is 35.5. The third-order valence-electron chi connectivity index (χ3n) is 3.24. The Balaban J connectivity index is 1.84. The van der Waals surface area contributed by atoms with Gasteiger partial charge in [-0.25, -0.2) is 0 Å². The van der Waals surface area contributed by atoms with E-state index in [1.807, 2.05) is 0 Å². The van der Waals surface area contributed by atoms with Crippen LogP contribution in [-0.2, 0) is 4.79 Å². The van der Waals surface area contributed by atoms with Crippen LogP contribution in [0.3, 0.4) is 0 Å². The monoisotopic (exact) mass is 358 g/mol. The fraction of sp³-hybridized carbons (Fsp3) is 0.118. The van der Waals surface area contributed by atoms with Crippen molar-refractivity contribution in [1.82, 2.24) is 10.3 Å². The van der Waals surface area contributed by atoms with Gasteiger partial charge in [-0.15, -0.1) is 0 Å². The lowest BCUT2D eigenvalue weighted by Crippen LogP contribution is -2.15. The van der Waals surface area contributed by atoms with Crippen LogP contribution >= 0.6 is 11.6 Å². The lowest BCUT2D eigenvalue weighted by molar-refractivity contribution is -0.111. The number of rotatable bonds is 5. The molecule has 0 aliphatic carbocycles. The maximum Gasteiger partial charge on any atom is 0.259 e. The average Bonchev–Trinajstić information content (AvgIpc) is 3.18. The third kappa shape index (κ3) is 4.27. The summed E-state index contributed by atoms with van der Waals surface area (Å²) in [6.45, 7) is 3.55. The Labute approximate surface area is 148 Å². The van der Waals surface area contributed by atoms with E-state index in [0.717, 1.165) is 5.69 Å². The molecule has 3 aromatic rings. The zero-order valence-electron chi connectivity index (χ0n) is 13.5. The highest BCUT2D eigenvalue weighted by molar-refractivity contribution is 6.30. The van der Waals surface area contributed by atoms with Gasteiger partial charge in [0.25, 0.3) is 5.91 Å². The standard InChI is InChI=1S/C17H15ClN4O3/c1-10-7-16(25-21-10)19-9-14(15-8-11(2)24-22-15)17(23)20-13-5-3-12(18)4-6-13/h3-9,19H,1-2H3,(H,20,23)/b14-9-. The number of anilines is 2. The zero-order chi connectivity index (χ0) is 17.8. The van der Waals surface area contributed by atoms with Crippen molar-refractivity contribution >= 4 is 34.7 Å². The van der Waals surface area contributed by atoms with Gasteiger partial charge in [-0.3, -0.25) is 4.79 Å².